The molecule has 126 valence electrons. The number of nitrogens with zero attached hydrogens (tertiary/aromatic N) is 2. The van der Waals surface area contributed by atoms with Crippen molar-refractivity contribution in [2.45, 2.75) is 25.7 Å². The zero-order chi connectivity index (χ0) is 16.9. The van der Waals surface area contributed by atoms with Crippen molar-refractivity contribution < 1.29 is 14.7 Å². The average molecular weight is 344 g/mol. The first-order valence-corrected chi connectivity index (χ1v) is 9.02. The standard InChI is InChI=1S/C18H20N2O3S/c21-17(20-10-8-14(9-11-20)18(22)23)15-12-24-16(19-15)7-6-13-4-2-1-3-5-13/h1-5,12,14H,6-11H2,(H,22,23). The molecule has 1 aliphatic heterocycles. The highest BCUT2D eigenvalue weighted by molar-refractivity contribution is 7.09. The molecular weight excluding hydrogens is 324 g/mol. The molecule has 6 heteroatoms. The van der Waals surface area contributed by atoms with E-state index in [0.29, 0.717) is 31.6 Å². The minimum Gasteiger partial charge on any atom is -0.481 e. The van der Waals surface area contributed by atoms with Crippen LogP contribution in [0.1, 0.15) is 33.9 Å². The summed E-state index contributed by atoms with van der Waals surface area (Å²) in [7, 11) is 0. The molecule has 1 aliphatic rings. The van der Waals surface area contributed by atoms with Crippen molar-refractivity contribution in [1.82, 2.24) is 9.88 Å². The van der Waals surface area contributed by atoms with E-state index >= 15 is 0 Å². The van der Waals surface area contributed by atoms with E-state index in [-0.39, 0.29) is 11.8 Å². The number of hydrogen-bond acceptors (Lipinski definition) is 4. The van der Waals surface area contributed by atoms with Gasteiger partial charge in [0.05, 0.1) is 10.9 Å². The van der Waals surface area contributed by atoms with Crippen molar-refractivity contribution in [3.8, 4) is 0 Å². The van der Waals surface area contributed by atoms with Gasteiger partial charge in [0, 0.05) is 24.9 Å². The number of aryl methyl sites for hydroxylation is 2. The summed E-state index contributed by atoms with van der Waals surface area (Å²) in [6.07, 6.45) is 2.77. The lowest BCUT2D eigenvalue weighted by Crippen LogP contribution is -2.40. The van der Waals surface area contributed by atoms with Gasteiger partial charge in [0.1, 0.15) is 5.69 Å². The SMILES string of the molecule is O=C(O)C1CCN(C(=O)c2csc(CCc3ccccc3)n2)CC1. The van der Waals surface area contributed by atoms with Crippen LogP contribution in [0.5, 0.6) is 0 Å². The molecule has 0 atom stereocenters. The summed E-state index contributed by atoms with van der Waals surface area (Å²) in [4.78, 5) is 29.6. The van der Waals surface area contributed by atoms with Crippen LogP contribution in [0.15, 0.2) is 35.7 Å². The number of amides is 1. The summed E-state index contributed by atoms with van der Waals surface area (Å²) in [6, 6.07) is 10.2. The Balaban J connectivity index is 1.55. The summed E-state index contributed by atoms with van der Waals surface area (Å²) >= 11 is 1.51. The van der Waals surface area contributed by atoms with Crippen LogP contribution >= 0.6 is 11.3 Å². The molecule has 0 bridgehead atoms. The van der Waals surface area contributed by atoms with Crippen molar-refractivity contribution in [3.05, 3.63) is 52.0 Å². The fourth-order valence-electron chi connectivity index (χ4n) is 2.91. The number of carbonyl (C=O) groups excluding carboxylic acids is 1. The Kier molecular flexibility index (Phi) is 5.25. The van der Waals surface area contributed by atoms with Crippen molar-refractivity contribution >= 4 is 23.2 Å². The predicted octanol–water partition coefficient (Wildman–Crippen LogP) is 2.87. The highest BCUT2D eigenvalue weighted by atomic mass is 32.1. The van der Waals surface area contributed by atoms with Crippen LogP contribution < -0.4 is 0 Å². The molecule has 1 fully saturated rings. The zero-order valence-electron chi connectivity index (χ0n) is 13.4. The maximum Gasteiger partial charge on any atom is 0.306 e. The number of piperidine rings is 1. The predicted molar refractivity (Wildman–Crippen MR) is 92.2 cm³/mol. The third kappa shape index (κ3) is 4.00. The molecule has 1 saturated heterocycles. The fourth-order valence-corrected chi connectivity index (χ4v) is 3.68. The second-order valence-corrected chi connectivity index (χ2v) is 6.96. The minimum absolute atomic E-state index is 0.0824. The fraction of sp³-hybridized carbons (Fsp3) is 0.389. The van der Waals surface area contributed by atoms with Crippen LogP contribution in [0.25, 0.3) is 0 Å². The minimum atomic E-state index is -0.765. The molecule has 0 saturated carbocycles. The molecule has 1 amide bonds. The van der Waals surface area contributed by atoms with E-state index in [9.17, 15) is 9.59 Å². The van der Waals surface area contributed by atoms with Gasteiger partial charge in [0.25, 0.3) is 5.91 Å². The molecule has 0 aliphatic carbocycles. The van der Waals surface area contributed by atoms with Gasteiger partial charge in [0.15, 0.2) is 0 Å². The lowest BCUT2D eigenvalue weighted by molar-refractivity contribution is -0.143. The van der Waals surface area contributed by atoms with E-state index in [2.05, 4.69) is 17.1 Å². The van der Waals surface area contributed by atoms with E-state index < -0.39 is 5.97 Å². The molecule has 3 rings (SSSR count). The number of rotatable bonds is 5. The number of likely N-dealkylation sites (tertiary alicyclic amines) is 1. The normalized spacial score (nSPS) is 15.4. The number of benzene rings is 1. The first-order chi connectivity index (χ1) is 11.6. The van der Waals surface area contributed by atoms with Crippen molar-refractivity contribution in [3.63, 3.8) is 0 Å². The first kappa shape index (κ1) is 16.6. The van der Waals surface area contributed by atoms with Gasteiger partial charge < -0.3 is 10.0 Å². The Morgan fingerprint density at radius 1 is 1.17 bits per heavy atom. The van der Waals surface area contributed by atoms with Gasteiger partial charge in [-0.2, -0.15) is 0 Å². The molecule has 0 spiro atoms. The smallest absolute Gasteiger partial charge is 0.306 e. The quantitative estimate of drug-likeness (QED) is 0.905. The van der Waals surface area contributed by atoms with Gasteiger partial charge in [-0.3, -0.25) is 9.59 Å². The van der Waals surface area contributed by atoms with Gasteiger partial charge in [-0.05, 0) is 24.8 Å². The van der Waals surface area contributed by atoms with E-state index in [1.807, 2.05) is 23.6 Å². The molecule has 5 nitrogen and oxygen atoms in total. The number of aliphatic carboxylic acids is 1. The largest absolute Gasteiger partial charge is 0.481 e. The summed E-state index contributed by atoms with van der Waals surface area (Å²) < 4.78 is 0. The molecular formula is C18H20N2O3S. The van der Waals surface area contributed by atoms with Crippen LogP contribution in [-0.4, -0.2) is 40.0 Å². The molecule has 0 radical (unpaired) electrons. The summed E-state index contributed by atoms with van der Waals surface area (Å²) in [6.45, 7) is 0.985. The Morgan fingerprint density at radius 3 is 2.54 bits per heavy atom. The molecule has 2 heterocycles. The summed E-state index contributed by atoms with van der Waals surface area (Å²) in [5.74, 6) is -1.18. The maximum absolute atomic E-state index is 12.5. The second-order valence-electron chi connectivity index (χ2n) is 6.02. The van der Waals surface area contributed by atoms with Crippen molar-refractivity contribution in [2.75, 3.05) is 13.1 Å². The molecule has 1 aromatic carbocycles. The molecule has 1 N–H and O–H groups in total. The number of hydrogen-bond donors (Lipinski definition) is 1. The first-order valence-electron chi connectivity index (χ1n) is 8.14. The molecule has 0 unspecified atom stereocenters. The number of carbonyl (C=O) groups is 2. The van der Waals surface area contributed by atoms with Crippen molar-refractivity contribution in [2.24, 2.45) is 5.92 Å². The Morgan fingerprint density at radius 2 is 1.88 bits per heavy atom. The lowest BCUT2D eigenvalue weighted by Gasteiger charge is -2.29. The van der Waals surface area contributed by atoms with Crippen molar-refractivity contribution in [1.29, 1.82) is 0 Å². The molecule has 24 heavy (non-hydrogen) atoms. The van der Waals surface area contributed by atoms with Crippen LogP contribution in [0, 0.1) is 5.92 Å². The van der Waals surface area contributed by atoms with Crippen LogP contribution in [0.4, 0.5) is 0 Å². The third-order valence-electron chi connectivity index (χ3n) is 4.37. The van der Waals surface area contributed by atoms with Crippen LogP contribution in [0.2, 0.25) is 0 Å². The van der Waals surface area contributed by atoms with Crippen LogP contribution in [-0.2, 0) is 17.6 Å². The summed E-state index contributed by atoms with van der Waals surface area (Å²) in [5.41, 5.74) is 1.74. The monoisotopic (exact) mass is 344 g/mol. The topological polar surface area (TPSA) is 70.5 Å². The zero-order valence-corrected chi connectivity index (χ0v) is 14.2. The van der Waals surface area contributed by atoms with E-state index in [1.54, 1.807) is 4.90 Å². The van der Waals surface area contributed by atoms with Crippen LogP contribution in [0.3, 0.4) is 0 Å². The number of carboxylic acids is 1. The Bertz CT molecular complexity index is 706. The van der Waals surface area contributed by atoms with E-state index in [1.165, 1.54) is 16.9 Å². The van der Waals surface area contributed by atoms with Gasteiger partial charge in [-0.15, -0.1) is 11.3 Å². The highest BCUT2D eigenvalue weighted by Crippen LogP contribution is 2.20. The second kappa shape index (κ2) is 7.57. The Hall–Kier alpha value is -2.21. The van der Waals surface area contributed by atoms with E-state index in [0.717, 1.165) is 17.8 Å². The van der Waals surface area contributed by atoms with Gasteiger partial charge >= 0.3 is 5.97 Å². The summed E-state index contributed by atoms with van der Waals surface area (Å²) in [5, 5.41) is 11.8. The van der Waals surface area contributed by atoms with Gasteiger partial charge in [-0.1, -0.05) is 30.3 Å². The highest BCUT2D eigenvalue weighted by Gasteiger charge is 2.28. The lowest BCUT2D eigenvalue weighted by atomic mass is 9.97. The third-order valence-corrected chi connectivity index (χ3v) is 5.28. The molecule has 2 aromatic rings. The molecule has 1 aromatic heterocycles. The van der Waals surface area contributed by atoms with Gasteiger partial charge in [0.2, 0.25) is 0 Å². The number of thiazole rings is 1. The average Bonchev–Trinajstić information content (AvgIpc) is 3.09. The van der Waals surface area contributed by atoms with Gasteiger partial charge in [-0.25, -0.2) is 4.98 Å². The van der Waals surface area contributed by atoms with E-state index in [4.69, 9.17) is 5.11 Å². The Labute approximate surface area is 145 Å². The maximum atomic E-state index is 12.5. The number of carboxylic acid groups (broad SMARTS) is 1. The number of aromatic nitrogens is 1.